The van der Waals surface area contributed by atoms with Gasteiger partial charge in [-0.25, -0.2) is 4.79 Å². The van der Waals surface area contributed by atoms with Crippen LogP contribution in [0.1, 0.15) is 5.56 Å². The Morgan fingerprint density at radius 1 is 0.875 bits per heavy atom. The predicted octanol–water partition coefficient (Wildman–Crippen LogP) is 3.08. The molecule has 0 aromatic heterocycles. The number of nitrogens with one attached hydrogen (secondary N) is 2. The monoisotopic (exact) mass is 324 g/mol. The van der Waals surface area contributed by atoms with Gasteiger partial charge in [-0.3, -0.25) is 4.90 Å². The Morgan fingerprint density at radius 2 is 1.46 bits per heavy atom. The SMILES string of the molecule is CN1CCN(Cc2ccc(NC(=O)Nc3ccccc3)cc2)CC1. The number of para-hydroxylation sites is 1. The molecule has 0 bridgehead atoms. The summed E-state index contributed by atoms with van der Waals surface area (Å²) < 4.78 is 0. The maximum Gasteiger partial charge on any atom is 0.323 e. The number of carbonyl (C=O) groups excluding carboxylic acids is 1. The predicted molar refractivity (Wildman–Crippen MR) is 98.3 cm³/mol. The van der Waals surface area contributed by atoms with Crippen LogP contribution in [0.4, 0.5) is 16.2 Å². The van der Waals surface area contributed by atoms with Crippen LogP contribution < -0.4 is 10.6 Å². The first-order chi connectivity index (χ1) is 11.7. The molecule has 2 N–H and O–H groups in total. The Balaban J connectivity index is 1.50. The molecule has 24 heavy (non-hydrogen) atoms. The number of carbonyl (C=O) groups is 1. The zero-order chi connectivity index (χ0) is 16.8. The van der Waals surface area contributed by atoms with Gasteiger partial charge in [-0.1, -0.05) is 30.3 Å². The van der Waals surface area contributed by atoms with Crippen molar-refractivity contribution in [1.82, 2.24) is 9.80 Å². The van der Waals surface area contributed by atoms with E-state index in [0.717, 1.165) is 44.1 Å². The Hall–Kier alpha value is -2.37. The van der Waals surface area contributed by atoms with Gasteiger partial charge >= 0.3 is 6.03 Å². The van der Waals surface area contributed by atoms with Crippen LogP contribution in [0.15, 0.2) is 54.6 Å². The number of likely N-dealkylation sites (N-methyl/N-ethyl adjacent to an activating group) is 1. The zero-order valence-corrected chi connectivity index (χ0v) is 14.0. The molecule has 126 valence electrons. The van der Waals surface area contributed by atoms with Gasteiger partial charge in [0.1, 0.15) is 0 Å². The van der Waals surface area contributed by atoms with Crippen molar-refractivity contribution in [2.75, 3.05) is 43.9 Å². The van der Waals surface area contributed by atoms with Crippen molar-refractivity contribution in [1.29, 1.82) is 0 Å². The maximum absolute atomic E-state index is 12.0. The third-order valence-corrected chi connectivity index (χ3v) is 4.25. The second-order valence-electron chi connectivity index (χ2n) is 6.22. The molecule has 2 amide bonds. The topological polar surface area (TPSA) is 47.6 Å². The molecule has 1 heterocycles. The molecule has 0 aliphatic carbocycles. The fourth-order valence-corrected chi connectivity index (χ4v) is 2.77. The molecular weight excluding hydrogens is 300 g/mol. The van der Waals surface area contributed by atoms with E-state index in [2.05, 4.69) is 39.6 Å². The number of rotatable bonds is 4. The van der Waals surface area contributed by atoms with Gasteiger partial charge in [0.15, 0.2) is 0 Å². The summed E-state index contributed by atoms with van der Waals surface area (Å²) in [6.45, 7) is 5.43. The summed E-state index contributed by atoms with van der Waals surface area (Å²) in [5.41, 5.74) is 2.85. The minimum atomic E-state index is -0.229. The molecule has 0 saturated carbocycles. The summed E-state index contributed by atoms with van der Waals surface area (Å²) in [6, 6.07) is 17.3. The number of hydrogen-bond donors (Lipinski definition) is 2. The van der Waals surface area contributed by atoms with Crippen LogP contribution in [0.25, 0.3) is 0 Å². The summed E-state index contributed by atoms with van der Waals surface area (Å²) >= 11 is 0. The van der Waals surface area contributed by atoms with Gasteiger partial charge < -0.3 is 15.5 Å². The molecule has 2 aromatic rings. The maximum atomic E-state index is 12.0. The smallest absolute Gasteiger partial charge is 0.308 e. The van der Waals surface area contributed by atoms with Crippen LogP contribution in [0.3, 0.4) is 0 Å². The number of piperazine rings is 1. The first-order valence-corrected chi connectivity index (χ1v) is 8.32. The number of hydrogen-bond acceptors (Lipinski definition) is 3. The lowest BCUT2D eigenvalue weighted by Gasteiger charge is -2.32. The van der Waals surface area contributed by atoms with E-state index >= 15 is 0 Å². The van der Waals surface area contributed by atoms with E-state index in [4.69, 9.17) is 0 Å². The molecule has 1 aliphatic heterocycles. The molecule has 3 rings (SSSR count). The van der Waals surface area contributed by atoms with E-state index < -0.39 is 0 Å². The molecule has 5 nitrogen and oxygen atoms in total. The van der Waals surface area contributed by atoms with E-state index in [-0.39, 0.29) is 6.03 Å². The lowest BCUT2D eigenvalue weighted by molar-refractivity contribution is 0.148. The summed E-state index contributed by atoms with van der Waals surface area (Å²) in [4.78, 5) is 16.8. The fourth-order valence-electron chi connectivity index (χ4n) is 2.77. The lowest BCUT2D eigenvalue weighted by Crippen LogP contribution is -2.43. The molecule has 0 radical (unpaired) electrons. The van der Waals surface area contributed by atoms with Gasteiger partial charge in [-0.2, -0.15) is 0 Å². The van der Waals surface area contributed by atoms with Crippen molar-refractivity contribution in [3.05, 3.63) is 60.2 Å². The summed E-state index contributed by atoms with van der Waals surface area (Å²) in [6.07, 6.45) is 0. The number of benzene rings is 2. The quantitative estimate of drug-likeness (QED) is 0.908. The van der Waals surface area contributed by atoms with Crippen LogP contribution in [0.5, 0.6) is 0 Å². The molecule has 0 spiro atoms. The van der Waals surface area contributed by atoms with Crippen LogP contribution >= 0.6 is 0 Å². The second-order valence-corrected chi connectivity index (χ2v) is 6.22. The highest BCUT2D eigenvalue weighted by Crippen LogP contribution is 2.13. The van der Waals surface area contributed by atoms with Gasteiger partial charge in [0.25, 0.3) is 0 Å². The molecule has 5 heteroatoms. The molecule has 1 saturated heterocycles. The lowest BCUT2D eigenvalue weighted by atomic mass is 10.2. The van der Waals surface area contributed by atoms with E-state index in [0.29, 0.717) is 0 Å². The Labute approximate surface area is 143 Å². The third-order valence-electron chi connectivity index (χ3n) is 4.25. The van der Waals surface area contributed by atoms with E-state index in [1.807, 2.05) is 42.5 Å². The van der Waals surface area contributed by atoms with Crippen molar-refractivity contribution in [2.24, 2.45) is 0 Å². The molecule has 0 unspecified atom stereocenters. The van der Waals surface area contributed by atoms with Crippen LogP contribution in [-0.4, -0.2) is 49.1 Å². The second kappa shape index (κ2) is 7.95. The minimum absolute atomic E-state index is 0.229. The van der Waals surface area contributed by atoms with Crippen LogP contribution in [0, 0.1) is 0 Å². The summed E-state index contributed by atoms with van der Waals surface area (Å²) in [7, 11) is 2.16. The van der Waals surface area contributed by atoms with E-state index in [9.17, 15) is 4.79 Å². The number of anilines is 2. The first-order valence-electron chi connectivity index (χ1n) is 8.32. The van der Waals surface area contributed by atoms with Gasteiger partial charge in [0, 0.05) is 44.1 Å². The standard InChI is InChI=1S/C19H24N4O/c1-22-11-13-23(14-12-22)15-16-7-9-18(10-8-16)21-19(24)20-17-5-3-2-4-6-17/h2-10H,11-15H2,1H3,(H2,20,21,24). The Bertz CT molecular complexity index is 649. The third kappa shape index (κ3) is 4.81. The average molecular weight is 324 g/mol. The first kappa shape index (κ1) is 16.5. The van der Waals surface area contributed by atoms with Crippen molar-refractivity contribution in [2.45, 2.75) is 6.54 Å². The molecule has 1 fully saturated rings. The van der Waals surface area contributed by atoms with Gasteiger partial charge in [0.2, 0.25) is 0 Å². The van der Waals surface area contributed by atoms with Gasteiger partial charge in [-0.15, -0.1) is 0 Å². The van der Waals surface area contributed by atoms with Gasteiger partial charge in [0.05, 0.1) is 0 Å². The molecular formula is C19H24N4O. The van der Waals surface area contributed by atoms with Crippen molar-refractivity contribution in [3.63, 3.8) is 0 Å². The van der Waals surface area contributed by atoms with Crippen LogP contribution in [-0.2, 0) is 6.54 Å². The number of urea groups is 1. The van der Waals surface area contributed by atoms with Crippen molar-refractivity contribution < 1.29 is 4.79 Å². The Morgan fingerprint density at radius 3 is 2.08 bits per heavy atom. The highest BCUT2D eigenvalue weighted by atomic mass is 16.2. The van der Waals surface area contributed by atoms with Crippen molar-refractivity contribution >= 4 is 17.4 Å². The normalized spacial score (nSPS) is 15.9. The highest BCUT2D eigenvalue weighted by Gasteiger charge is 2.13. The minimum Gasteiger partial charge on any atom is -0.308 e. The van der Waals surface area contributed by atoms with Crippen molar-refractivity contribution in [3.8, 4) is 0 Å². The molecule has 0 atom stereocenters. The summed E-state index contributed by atoms with van der Waals surface area (Å²) in [5, 5.41) is 5.67. The number of amides is 2. The zero-order valence-electron chi connectivity index (χ0n) is 14.0. The Kier molecular flexibility index (Phi) is 5.46. The van der Waals surface area contributed by atoms with Gasteiger partial charge in [-0.05, 0) is 36.9 Å². The summed E-state index contributed by atoms with van der Waals surface area (Å²) in [5.74, 6) is 0. The fraction of sp³-hybridized carbons (Fsp3) is 0.316. The van der Waals surface area contributed by atoms with E-state index in [1.54, 1.807) is 0 Å². The average Bonchev–Trinajstić information content (AvgIpc) is 2.59. The van der Waals surface area contributed by atoms with Crippen LogP contribution in [0.2, 0.25) is 0 Å². The highest BCUT2D eigenvalue weighted by molar-refractivity contribution is 5.99. The molecule has 1 aliphatic rings. The number of nitrogens with zero attached hydrogens (tertiary/aromatic N) is 2. The van der Waals surface area contributed by atoms with E-state index in [1.165, 1.54) is 5.56 Å². The largest absolute Gasteiger partial charge is 0.323 e. The molecule has 2 aromatic carbocycles.